The number of nitrogens with zero attached hydrogens (tertiary/aromatic N) is 2. The first kappa shape index (κ1) is 14.8. The van der Waals surface area contributed by atoms with E-state index in [1.54, 1.807) is 20.1 Å². The molecule has 2 rings (SSSR count). The summed E-state index contributed by atoms with van der Waals surface area (Å²) in [6, 6.07) is 9.48. The van der Waals surface area contributed by atoms with Crippen molar-refractivity contribution in [3.63, 3.8) is 0 Å². The first-order chi connectivity index (χ1) is 10.1. The highest BCUT2D eigenvalue weighted by Gasteiger charge is 2.11. The predicted octanol–water partition coefficient (Wildman–Crippen LogP) is 2.19. The summed E-state index contributed by atoms with van der Waals surface area (Å²) in [7, 11) is 2.93. The Morgan fingerprint density at radius 2 is 2.05 bits per heavy atom. The molecular formula is C15H17N3O3. The van der Waals surface area contributed by atoms with Gasteiger partial charge in [-0.25, -0.2) is 14.8 Å². The maximum Gasteiger partial charge on any atom is 0.376 e. The fourth-order valence-electron chi connectivity index (χ4n) is 1.82. The summed E-state index contributed by atoms with van der Waals surface area (Å²) in [4.78, 5) is 19.7. The molecule has 0 amide bonds. The number of aromatic nitrogens is 2. The third kappa shape index (κ3) is 3.92. The molecule has 0 aliphatic heterocycles. The van der Waals surface area contributed by atoms with Gasteiger partial charge in [-0.2, -0.15) is 0 Å². The molecule has 0 radical (unpaired) electrons. The maximum atomic E-state index is 11.5. The van der Waals surface area contributed by atoms with Crippen molar-refractivity contribution in [2.45, 2.75) is 13.5 Å². The molecule has 0 atom stereocenters. The highest BCUT2D eigenvalue weighted by molar-refractivity contribution is 5.85. The van der Waals surface area contributed by atoms with Crippen molar-refractivity contribution in [3.8, 4) is 5.75 Å². The highest BCUT2D eigenvalue weighted by Crippen LogP contribution is 2.14. The van der Waals surface area contributed by atoms with Crippen molar-refractivity contribution in [1.82, 2.24) is 9.97 Å². The van der Waals surface area contributed by atoms with Gasteiger partial charge < -0.3 is 14.8 Å². The molecule has 21 heavy (non-hydrogen) atoms. The van der Waals surface area contributed by atoms with E-state index >= 15 is 0 Å². The summed E-state index contributed by atoms with van der Waals surface area (Å²) < 4.78 is 9.81. The number of anilines is 1. The highest BCUT2D eigenvalue weighted by atomic mass is 16.5. The number of hydrogen-bond donors (Lipinski definition) is 1. The third-order valence-corrected chi connectivity index (χ3v) is 2.83. The second-order valence-corrected chi connectivity index (χ2v) is 4.41. The van der Waals surface area contributed by atoms with Crippen molar-refractivity contribution in [1.29, 1.82) is 0 Å². The number of benzene rings is 1. The molecule has 6 heteroatoms. The van der Waals surface area contributed by atoms with Crippen molar-refractivity contribution >= 4 is 11.8 Å². The van der Waals surface area contributed by atoms with E-state index in [1.807, 2.05) is 24.3 Å². The van der Waals surface area contributed by atoms with Crippen LogP contribution in [-0.4, -0.2) is 30.2 Å². The van der Waals surface area contributed by atoms with Crippen molar-refractivity contribution in [2.75, 3.05) is 19.5 Å². The first-order valence-corrected chi connectivity index (χ1v) is 6.43. The monoisotopic (exact) mass is 287 g/mol. The fourth-order valence-corrected chi connectivity index (χ4v) is 1.82. The zero-order chi connectivity index (χ0) is 15.2. The Morgan fingerprint density at radius 1 is 1.24 bits per heavy atom. The third-order valence-electron chi connectivity index (χ3n) is 2.83. The minimum absolute atomic E-state index is 0.0469. The van der Waals surface area contributed by atoms with E-state index in [4.69, 9.17) is 4.74 Å². The van der Waals surface area contributed by atoms with Gasteiger partial charge in [0.15, 0.2) is 0 Å². The molecule has 6 nitrogen and oxygen atoms in total. The van der Waals surface area contributed by atoms with Crippen LogP contribution in [0.5, 0.6) is 5.75 Å². The van der Waals surface area contributed by atoms with Gasteiger partial charge in [0.05, 0.1) is 14.2 Å². The number of rotatable bonds is 5. The van der Waals surface area contributed by atoms with E-state index in [9.17, 15) is 4.79 Å². The summed E-state index contributed by atoms with van der Waals surface area (Å²) >= 11 is 0. The lowest BCUT2D eigenvalue weighted by Crippen LogP contribution is -2.11. The van der Waals surface area contributed by atoms with Crippen molar-refractivity contribution in [3.05, 3.63) is 47.4 Å². The van der Waals surface area contributed by atoms with E-state index < -0.39 is 5.97 Å². The van der Waals surface area contributed by atoms with Gasteiger partial charge in [0.2, 0.25) is 5.82 Å². The minimum atomic E-state index is -0.553. The van der Waals surface area contributed by atoms with Gasteiger partial charge in [-0.05, 0) is 24.6 Å². The molecular weight excluding hydrogens is 270 g/mol. The number of esters is 1. The summed E-state index contributed by atoms with van der Waals surface area (Å²) in [6.45, 7) is 2.36. The van der Waals surface area contributed by atoms with Gasteiger partial charge in [0, 0.05) is 18.3 Å². The van der Waals surface area contributed by atoms with Crippen LogP contribution >= 0.6 is 0 Å². The molecule has 0 saturated carbocycles. The van der Waals surface area contributed by atoms with Gasteiger partial charge in [0.1, 0.15) is 11.6 Å². The van der Waals surface area contributed by atoms with E-state index in [0.29, 0.717) is 18.1 Å². The van der Waals surface area contributed by atoms with Crippen LogP contribution in [0.4, 0.5) is 5.82 Å². The molecule has 110 valence electrons. The number of ether oxygens (including phenoxy) is 2. The Kier molecular flexibility index (Phi) is 4.71. The molecule has 1 N–H and O–H groups in total. The van der Waals surface area contributed by atoms with Crippen LogP contribution in [0.15, 0.2) is 30.3 Å². The Bertz CT molecular complexity index is 644. The summed E-state index contributed by atoms with van der Waals surface area (Å²) in [5, 5.41) is 3.16. The van der Waals surface area contributed by atoms with E-state index in [2.05, 4.69) is 20.0 Å². The van der Waals surface area contributed by atoms with E-state index in [0.717, 1.165) is 11.3 Å². The first-order valence-electron chi connectivity index (χ1n) is 6.43. The normalized spacial score (nSPS) is 10.0. The Morgan fingerprint density at radius 3 is 2.76 bits per heavy atom. The Hall–Kier alpha value is -2.63. The molecule has 0 fully saturated rings. The lowest BCUT2D eigenvalue weighted by Gasteiger charge is -2.09. The van der Waals surface area contributed by atoms with Crippen LogP contribution < -0.4 is 10.1 Å². The van der Waals surface area contributed by atoms with Crippen LogP contribution in [0.1, 0.15) is 21.9 Å². The van der Waals surface area contributed by atoms with Crippen LogP contribution in [0.3, 0.4) is 0 Å². The molecule has 1 aromatic heterocycles. The Labute approximate surface area is 123 Å². The Balaban J connectivity index is 2.12. The van der Waals surface area contributed by atoms with E-state index in [-0.39, 0.29) is 5.82 Å². The molecule has 0 aliphatic carbocycles. The average Bonchev–Trinajstić information content (AvgIpc) is 2.51. The smallest absolute Gasteiger partial charge is 0.376 e. The van der Waals surface area contributed by atoms with Crippen LogP contribution in [0, 0.1) is 6.92 Å². The van der Waals surface area contributed by atoms with Gasteiger partial charge in [-0.3, -0.25) is 0 Å². The number of nitrogens with one attached hydrogen (secondary N) is 1. The molecule has 2 aromatic rings. The minimum Gasteiger partial charge on any atom is -0.497 e. The number of carbonyl (C=O) groups is 1. The molecule has 1 aromatic carbocycles. The predicted molar refractivity (Wildman–Crippen MR) is 78.4 cm³/mol. The summed E-state index contributed by atoms with van der Waals surface area (Å²) in [5.41, 5.74) is 1.74. The quantitative estimate of drug-likeness (QED) is 0.850. The van der Waals surface area contributed by atoms with Gasteiger partial charge in [0.25, 0.3) is 0 Å². The van der Waals surface area contributed by atoms with Crippen LogP contribution in [0.2, 0.25) is 0 Å². The summed E-state index contributed by atoms with van der Waals surface area (Å²) in [5.74, 6) is 0.864. The molecule has 0 saturated heterocycles. The average molecular weight is 287 g/mol. The second-order valence-electron chi connectivity index (χ2n) is 4.41. The standard InChI is InChI=1S/C15H17N3O3/c1-10-7-13(18-14(17-10)15(19)21-3)16-9-11-5-4-6-12(8-11)20-2/h4-8H,9H2,1-3H3,(H,16,17,18). The van der Waals surface area contributed by atoms with Crippen molar-refractivity contribution in [2.24, 2.45) is 0 Å². The fraction of sp³-hybridized carbons (Fsp3) is 0.267. The van der Waals surface area contributed by atoms with Gasteiger partial charge >= 0.3 is 5.97 Å². The number of carbonyl (C=O) groups excluding carboxylic acids is 1. The molecule has 0 spiro atoms. The zero-order valence-corrected chi connectivity index (χ0v) is 12.2. The number of aryl methyl sites for hydroxylation is 1. The topological polar surface area (TPSA) is 73.3 Å². The SMILES string of the molecule is COC(=O)c1nc(C)cc(NCc2cccc(OC)c2)n1. The van der Waals surface area contributed by atoms with Crippen LogP contribution in [0.25, 0.3) is 0 Å². The van der Waals surface area contributed by atoms with Gasteiger partial charge in [-0.15, -0.1) is 0 Å². The maximum absolute atomic E-state index is 11.5. The molecule has 0 unspecified atom stereocenters. The molecule has 1 heterocycles. The lowest BCUT2D eigenvalue weighted by atomic mass is 10.2. The molecule has 0 bridgehead atoms. The number of hydrogen-bond acceptors (Lipinski definition) is 6. The van der Waals surface area contributed by atoms with Gasteiger partial charge in [-0.1, -0.05) is 12.1 Å². The molecule has 0 aliphatic rings. The van der Waals surface area contributed by atoms with Crippen LogP contribution in [-0.2, 0) is 11.3 Å². The van der Waals surface area contributed by atoms with E-state index in [1.165, 1.54) is 7.11 Å². The lowest BCUT2D eigenvalue weighted by molar-refractivity contribution is 0.0586. The zero-order valence-electron chi connectivity index (χ0n) is 12.2. The summed E-state index contributed by atoms with van der Waals surface area (Å²) in [6.07, 6.45) is 0. The second kappa shape index (κ2) is 6.69. The number of methoxy groups -OCH3 is 2. The van der Waals surface area contributed by atoms with Crippen molar-refractivity contribution < 1.29 is 14.3 Å². The largest absolute Gasteiger partial charge is 0.497 e.